The minimum absolute atomic E-state index is 0.0276. The Kier molecular flexibility index (Phi) is 6.02. The van der Waals surface area contributed by atoms with E-state index in [0.717, 1.165) is 5.75 Å². The van der Waals surface area contributed by atoms with Crippen molar-refractivity contribution in [2.75, 3.05) is 19.7 Å². The SMILES string of the molecule is CC(CN)C(=O)NCCOc1ccccc1C(C)(C)C. The van der Waals surface area contributed by atoms with Gasteiger partial charge in [-0.05, 0) is 17.0 Å². The molecule has 1 atom stereocenters. The van der Waals surface area contributed by atoms with E-state index in [1.807, 2.05) is 25.1 Å². The summed E-state index contributed by atoms with van der Waals surface area (Å²) in [5.74, 6) is 0.693. The van der Waals surface area contributed by atoms with Crippen molar-refractivity contribution in [3.8, 4) is 5.75 Å². The lowest BCUT2D eigenvalue weighted by atomic mass is 9.86. The molecule has 0 heterocycles. The molecule has 1 amide bonds. The smallest absolute Gasteiger partial charge is 0.224 e. The summed E-state index contributed by atoms with van der Waals surface area (Å²) in [6.45, 7) is 9.57. The van der Waals surface area contributed by atoms with Crippen molar-refractivity contribution in [3.63, 3.8) is 0 Å². The Bertz CT molecular complexity index is 438. The zero-order chi connectivity index (χ0) is 15.2. The standard InChI is InChI=1S/C16H26N2O2/c1-12(11-17)15(19)18-9-10-20-14-8-6-5-7-13(14)16(2,3)4/h5-8,12H,9-11,17H2,1-4H3,(H,18,19). The van der Waals surface area contributed by atoms with E-state index in [-0.39, 0.29) is 17.2 Å². The number of para-hydroxylation sites is 1. The van der Waals surface area contributed by atoms with Crippen LogP contribution in [0.2, 0.25) is 0 Å². The lowest BCUT2D eigenvalue weighted by molar-refractivity contribution is -0.124. The molecular weight excluding hydrogens is 252 g/mol. The van der Waals surface area contributed by atoms with E-state index >= 15 is 0 Å². The number of amides is 1. The summed E-state index contributed by atoms with van der Waals surface area (Å²) in [5.41, 5.74) is 6.65. The van der Waals surface area contributed by atoms with E-state index in [4.69, 9.17) is 10.5 Å². The summed E-state index contributed by atoms with van der Waals surface area (Å²) >= 11 is 0. The van der Waals surface area contributed by atoms with Crippen molar-refractivity contribution in [3.05, 3.63) is 29.8 Å². The first-order valence-corrected chi connectivity index (χ1v) is 7.06. The van der Waals surface area contributed by atoms with E-state index in [0.29, 0.717) is 19.7 Å². The van der Waals surface area contributed by atoms with Crippen molar-refractivity contribution in [1.82, 2.24) is 5.32 Å². The Morgan fingerprint density at radius 2 is 2.00 bits per heavy atom. The Balaban J connectivity index is 2.49. The third-order valence-corrected chi connectivity index (χ3v) is 3.16. The molecule has 0 aliphatic rings. The van der Waals surface area contributed by atoms with Gasteiger partial charge in [-0.25, -0.2) is 0 Å². The maximum absolute atomic E-state index is 11.6. The lowest BCUT2D eigenvalue weighted by Crippen LogP contribution is -2.35. The van der Waals surface area contributed by atoms with Gasteiger partial charge in [-0.1, -0.05) is 45.9 Å². The molecule has 1 unspecified atom stereocenters. The Morgan fingerprint density at radius 1 is 1.35 bits per heavy atom. The molecular formula is C16H26N2O2. The van der Waals surface area contributed by atoms with Crippen LogP contribution in [0.15, 0.2) is 24.3 Å². The van der Waals surface area contributed by atoms with Gasteiger partial charge in [0.2, 0.25) is 5.91 Å². The van der Waals surface area contributed by atoms with Crippen LogP contribution >= 0.6 is 0 Å². The largest absolute Gasteiger partial charge is 0.491 e. The zero-order valence-corrected chi connectivity index (χ0v) is 12.9. The summed E-state index contributed by atoms with van der Waals surface area (Å²) in [4.78, 5) is 11.6. The molecule has 0 aromatic heterocycles. The molecule has 0 spiro atoms. The average Bonchev–Trinajstić information content (AvgIpc) is 2.41. The number of ether oxygens (including phenoxy) is 1. The second-order valence-corrected chi connectivity index (χ2v) is 6.02. The van der Waals surface area contributed by atoms with Crippen LogP contribution in [0, 0.1) is 5.92 Å². The molecule has 112 valence electrons. The lowest BCUT2D eigenvalue weighted by Gasteiger charge is -2.22. The Labute approximate surface area is 121 Å². The van der Waals surface area contributed by atoms with Gasteiger partial charge in [-0.15, -0.1) is 0 Å². The fourth-order valence-electron chi connectivity index (χ4n) is 1.83. The summed E-state index contributed by atoms with van der Waals surface area (Å²) in [6.07, 6.45) is 0. The highest BCUT2D eigenvalue weighted by Gasteiger charge is 2.18. The first-order chi connectivity index (χ1) is 9.36. The molecule has 0 aliphatic carbocycles. The minimum atomic E-state index is -0.156. The summed E-state index contributed by atoms with van der Waals surface area (Å²) in [6, 6.07) is 8.01. The van der Waals surface area contributed by atoms with Gasteiger partial charge in [0.25, 0.3) is 0 Å². The van der Waals surface area contributed by atoms with Gasteiger partial charge in [0.05, 0.1) is 6.54 Å². The number of nitrogens with one attached hydrogen (secondary N) is 1. The van der Waals surface area contributed by atoms with Crippen LogP contribution in [0.4, 0.5) is 0 Å². The number of benzene rings is 1. The molecule has 0 saturated heterocycles. The first-order valence-electron chi connectivity index (χ1n) is 7.06. The third kappa shape index (κ3) is 4.85. The number of carbonyl (C=O) groups is 1. The predicted molar refractivity (Wildman–Crippen MR) is 81.9 cm³/mol. The van der Waals surface area contributed by atoms with Crippen molar-refractivity contribution >= 4 is 5.91 Å². The highest BCUT2D eigenvalue weighted by molar-refractivity contribution is 5.78. The maximum Gasteiger partial charge on any atom is 0.224 e. The van der Waals surface area contributed by atoms with Gasteiger partial charge in [0.1, 0.15) is 12.4 Å². The normalized spacial score (nSPS) is 12.8. The van der Waals surface area contributed by atoms with Crippen LogP contribution in [0.1, 0.15) is 33.3 Å². The first kappa shape index (κ1) is 16.5. The van der Waals surface area contributed by atoms with E-state index in [9.17, 15) is 4.79 Å². The third-order valence-electron chi connectivity index (χ3n) is 3.16. The number of nitrogens with two attached hydrogens (primary N) is 1. The number of rotatable bonds is 6. The van der Waals surface area contributed by atoms with E-state index in [1.165, 1.54) is 5.56 Å². The molecule has 0 fully saturated rings. The maximum atomic E-state index is 11.6. The molecule has 0 saturated carbocycles. The summed E-state index contributed by atoms with van der Waals surface area (Å²) < 4.78 is 5.78. The van der Waals surface area contributed by atoms with Crippen LogP contribution in [-0.2, 0) is 10.2 Å². The van der Waals surface area contributed by atoms with E-state index in [1.54, 1.807) is 0 Å². The quantitative estimate of drug-likeness (QED) is 0.783. The van der Waals surface area contributed by atoms with Crippen LogP contribution in [-0.4, -0.2) is 25.6 Å². The van der Waals surface area contributed by atoms with E-state index in [2.05, 4.69) is 32.2 Å². The minimum Gasteiger partial charge on any atom is -0.491 e. The molecule has 1 aromatic carbocycles. The molecule has 1 rings (SSSR count). The van der Waals surface area contributed by atoms with Gasteiger partial charge in [0, 0.05) is 12.5 Å². The molecule has 4 nitrogen and oxygen atoms in total. The van der Waals surface area contributed by atoms with Gasteiger partial charge in [-0.2, -0.15) is 0 Å². The van der Waals surface area contributed by atoms with Crippen molar-refractivity contribution in [2.45, 2.75) is 33.1 Å². The fourth-order valence-corrected chi connectivity index (χ4v) is 1.83. The second-order valence-electron chi connectivity index (χ2n) is 6.02. The van der Waals surface area contributed by atoms with Crippen LogP contribution in [0.25, 0.3) is 0 Å². The summed E-state index contributed by atoms with van der Waals surface area (Å²) in [7, 11) is 0. The average molecular weight is 278 g/mol. The number of carbonyl (C=O) groups excluding carboxylic acids is 1. The van der Waals surface area contributed by atoms with Gasteiger partial charge >= 0.3 is 0 Å². The van der Waals surface area contributed by atoms with Crippen LogP contribution in [0.5, 0.6) is 5.75 Å². The van der Waals surface area contributed by atoms with E-state index < -0.39 is 0 Å². The topological polar surface area (TPSA) is 64.4 Å². The van der Waals surface area contributed by atoms with Crippen molar-refractivity contribution < 1.29 is 9.53 Å². The number of hydrogen-bond donors (Lipinski definition) is 2. The van der Waals surface area contributed by atoms with Crippen molar-refractivity contribution in [1.29, 1.82) is 0 Å². The molecule has 0 radical (unpaired) electrons. The Hall–Kier alpha value is -1.55. The van der Waals surface area contributed by atoms with Gasteiger partial charge in [-0.3, -0.25) is 4.79 Å². The molecule has 1 aromatic rings. The molecule has 20 heavy (non-hydrogen) atoms. The fraction of sp³-hybridized carbons (Fsp3) is 0.562. The number of hydrogen-bond acceptors (Lipinski definition) is 3. The molecule has 0 aliphatic heterocycles. The second kappa shape index (κ2) is 7.29. The van der Waals surface area contributed by atoms with Crippen LogP contribution < -0.4 is 15.8 Å². The highest BCUT2D eigenvalue weighted by Crippen LogP contribution is 2.30. The zero-order valence-electron chi connectivity index (χ0n) is 12.9. The van der Waals surface area contributed by atoms with Crippen LogP contribution in [0.3, 0.4) is 0 Å². The summed E-state index contributed by atoms with van der Waals surface area (Å²) in [5, 5.41) is 2.82. The molecule has 4 heteroatoms. The van der Waals surface area contributed by atoms with Gasteiger partial charge in [0.15, 0.2) is 0 Å². The highest BCUT2D eigenvalue weighted by atomic mass is 16.5. The van der Waals surface area contributed by atoms with Crippen molar-refractivity contribution in [2.24, 2.45) is 11.7 Å². The molecule has 0 bridgehead atoms. The predicted octanol–water partition coefficient (Wildman–Crippen LogP) is 2.07. The Morgan fingerprint density at radius 3 is 2.60 bits per heavy atom. The molecule has 3 N–H and O–H groups in total. The van der Waals surface area contributed by atoms with Gasteiger partial charge < -0.3 is 15.8 Å². The monoisotopic (exact) mass is 278 g/mol.